The van der Waals surface area contributed by atoms with Crippen LogP contribution in [0.15, 0.2) is 41.5 Å². The van der Waals surface area contributed by atoms with Crippen LogP contribution in [-0.2, 0) is 14.3 Å². The minimum Gasteiger partial charge on any atom is -0.465 e. The Balaban J connectivity index is 3.14. The molecule has 1 aromatic carbocycles. The van der Waals surface area contributed by atoms with Gasteiger partial charge in [-0.1, -0.05) is 62.1 Å². The van der Waals surface area contributed by atoms with E-state index < -0.39 is 5.97 Å². The van der Waals surface area contributed by atoms with Crippen molar-refractivity contribution in [3.8, 4) is 0 Å². The average Bonchev–Trinajstić information content (AvgIpc) is 2.57. The van der Waals surface area contributed by atoms with Gasteiger partial charge in [0, 0.05) is 0 Å². The predicted octanol–water partition coefficient (Wildman–Crippen LogP) is 5.04. The number of esters is 1. The van der Waals surface area contributed by atoms with Crippen LogP contribution in [0.4, 0.5) is 0 Å². The molecule has 0 radical (unpaired) electrons. The molecule has 0 spiro atoms. The maximum atomic E-state index is 12.6. The Morgan fingerprint density at radius 3 is 2.46 bits per heavy atom. The third kappa shape index (κ3) is 6.53. The number of unbranched alkanes of at least 4 members (excludes halogenated alkanes) is 1. The Hall–Kier alpha value is -2.16. The molecule has 130 valence electrons. The van der Waals surface area contributed by atoms with Crippen LogP contribution in [0.1, 0.15) is 57.1 Å². The molecule has 3 heteroatoms. The quantitative estimate of drug-likeness (QED) is 0.276. The second-order valence-corrected chi connectivity index (χ2v) is 5.98. The number of ketones is 1. The maximum Gasteiger partial charge on any atom is 0.341 e. The van der Waals surface area contributed by atoms with Gasteiger partial charge in [0.1, 0.15) is 5.57 Å². The van der Waals surface area contributed by atoms with Crippen molar-refractivity contribution >= 4 is 17.8 Å². The molecule has 1 rings (SSSR count). The zero-order valence-corrected chi connectivity index (χ0v) is 15.2. The molecule has 24 heavy (non-hydrogen) atoms. The number of rotatable bonds is 9. The van der Waals surface area contributed by atoms with Gasteiger partial charge in [0.05, 0.1) is 7.11 Å². The van der Waals surface area contributed by atoms with Gasteiger partial charge in [-0.15, -0.1) is 0 Å². The summed E-state index contributed by atoms with van der Waals surface area (Å²) in [6.07, 6.45) is 8.13. The topological polar surface area (TPSA) is 43.4 Å². The number of aryl methyl sites for hydroxylation is 1. The van der Waals surface area contributed by atoms with E-state index in [-0.39, 0.29) is 11.4 Å². The van der Waals surface area contributed by atoms with Crippen LogP contribution in [-0.4, -0.2) is 18.9 Å². The second kappa shape index (κ2) is 10.6. The largest absolute Gasteiger partial charge is 0.465 e. The fourth-order valence-electron chi connectivity index (χ4n) is 2.52. The molecule has 0 N–H and O–H groups in total. The molecule has 0 aliphatic heterocycles. The lowest BCUT2D eigenvalue weighted by molar-refractivity contribution is -0.137. The SMILES string of the molecule is CCCC/C(=C\C(=O)/C(=C/c1cccc(C)c1)C(=O)OC)CCC. The second-order valence-electron chi connectivity index (χ2n) is 5.98. The first-order valence-electron chi connectivity index (χ1n) is 8.62. The molecular weight excluding hydrogens is 300 g/mol. The normalized spacial score (nSPS) is 12.2. The van der Waals surface area contributed by atoms with Crippen molar-refractivity contribution < 1.29 is 14.3 Å². The van der Waals surface area contributed by atoms with Crippen molar-refractivity contribution in [1.29, 1.82) is 0 Å². The van der Waals surface area contributed by atoms with E-state index in [1.807, 2.05) is 31.2 Å². The van der Waals surface area contributed by atoms with E-state index >= 15 is 0 Å². The van der Waals surface area contributed by atoms with Gasteiger partial charge in [0.2, 0.25) is 0 Å². The summed E-state index contributed by atoms with van der Waals surface area (Å²) in [6, 6.07) is 7.68. The summed E-state index contributed by atoms with van der Waals surface area (Å²) in [4.78, 5) is 24.7. The fourth-order valence-corrected chi connectivity index (χ4v) is 2.52. The van der Waals surface area contributed by atoms with Crippen LogP contribution in [0, 0.1) is 6.92 Å². The molecule has 0 fully saturated rings. The van der Waals surface area contributed by atoms with Gasteiger partial charge >= 0.3 is 5.97 Å². The molecule has 0 aromatic heterocycles. The van der Waals surface area contributed by atoms with Crippen molar-refractivity contribution in [2.75, 3.05) is 7.11 Å². The number of allylic oxidation sites excluding steroid dienone is 2. The van der Waals surface area contributed by atoms with Crippen molar-refractivity contribution in [3.63, 3.8) is 0 Å². The summed E-state index contributed by atoms with van der Waals surface area (Å²) in [6.45, 7) is 6.19. The molecular formula is C21H28O3. The summed E-state index contributed by atoms with van der Waals surface area (Å²) < 4.78 is 4.80. The number of carbonyl (C=O) groups excluding carboxylic acids is 2. The highest BCUT2D eigenvalue weighted by Crippen LogP contribution is 2.17. The molecule has 0 amide bonds. The van der Waals surface area contributed by atoms with E-state index in [2.05, 4.69) is 13.8 Å². The summed E-state index contributed by atoms with van der Waals surface area (Å²) in [5, 5.41) is 0. The van der Waals surface area contributed by atoms with Crippen LogP contribution in [0.3, 0.4) is 0 Å². The molecule has 0 unspecified atom stereocenters. The first-order chi connectivity index (χ1) is 11.5. The third-order valence-electron chi connectivity index (χ3n) is 3.78. The van der Waals surface area contributed by atoms with Gasteiger partial charge in [-0.05, 0) is 43.9 Å². The summed E-state index contributed by atoms with van der Waals surface area (Å²) in [5.41, 5.74) is 3.07. The van der Waals surface area contributed by atoms with Gasteiger partial charge in [-0.2, -0.15) is 0 Å². The monoisotopic (exact) mass is 328 g/mol. The minimum atomic E-state index is -0.593. The van der Waals surface area contributed by atoms with Crippen molar-refractivity contribution in [3.05, 3.63) is 52.6 Å². The van der Waals surface area contributed by atoms with Crippen molar-refractivity contribution in [2.24, 2.45) is 0 Å². The molecule has 0 bridgehead atoms. The third-order valence-corrected chi connectivity index (χ3v) is 3.78. The Morgan fingerprint density at radius 2 is 1.88 bits per heavy atom. The van der Waals surface area contributed by atoms with Crippen molar-refractivity contribution in [1.82, 2.24) is 0 Å². The van der Waals surface area contributed by atoms with Gasteiger partial charge in [0.25, 0.3) is 0 Å². The molecule has 0 heterocycles. The highest BCUT2D eigenvalue weighted by molar-refractivity contribution is 6.24. The molecule has 0 aliphatic carbocycles. The van der Waals surface area contributed by atoms with Gasteiger partial charge in [-0.3, -0.25) is 4.79 Å². The highest BCUT2D eigenvalue weighted by atomic mass is 16.5. The molecule has 3 nitrogen and oxygen atoms in total. The Morgan fingerprint density at radius 1 is 1.12 bits per heavy atom. The number of methoxy groups -OCH3 is 1. The van der Waals surface area contributed by atoms with E-state index in [0.717, 1.165) is 48.8 Å². The van der Waals surface area contributed by atoms with Crippen LogP contribution >= 0.6 is 0 Å². The van der Waals surface area contributed by atoms with E-state index in [1.165, 1.54) is 7.11 Å². The van der Waals surface area contributed by atoms with Crippen LogP contribution in [0.2, 0.25) is 0 Å². The van der Waals surface area contributed by atoms with E-state index in [1.54, 1.807) is 12.2 Å². The zero-order chi connectivity index (χ0) is 17.9. The molecule has 0 aliphatic rings. The smallest absolute Gasteiger partial charge is 0.341 e. The first-order valence-corrected chi connectivity index (χ1v) is 8.62. The summed E-state index contributed by atoms with van der Waals surface area (Å²) >= 11 is 0. The van der Waals surface area contributed by atoms with Crippen molar-refractivity contribution in [2.45, 2.75) is 52.9 Å². The summed E-state index contributed by atoms with van der Waals surface area (Å²) in [5.74, 6) is -0.869. The lowest BCUT2D eigenvalue weighted by Crippen LogP contribution is -2.13. The maximum absolute atomic E-state index is 12.6. The highest BCUT2D eigenvalue weighted by Gasteiger charge is 2.17. The lowest BCUT2D eigenvalue weighted by Gasteiger charge is -2.07. The Bertz CT molecular complexity index is 624. The van der Waals surface area contributed by atoms with Crippen LogP contribution < -0.4 is 0 Å². The predicted molar refractivity (Wildman–Crippen MR) is 98.7 cm³/mol. The Kier molecular flexibility index (Phi) is 8.77. The molecule has 0 atom stereocenters. The lowest BCUT2D eigenvalue weighted by atomic mass is 9.99. The van der Waals surface area contributed by atoms with E-state index in [9.17, 15) is 9.59 Å². The zero-order valence-electron chi connectivity index (χ0n) is 15.2. The van der Waals surface area contributed by atoms with Crippen LogP contribution in [0.5, 0.6) is 0 Å². The average molecular weight is 328 g/mol. The molecule has 1 aromatic rings. The number of carbonyl (C=O) groups is 2. The summed E-state index contributed by atoms with van der Waals surface area (Å²) in [7, 11) is 1.30. The number of hydrogen-bond acceptors (Lipinski definition) is 3. The standard InChI is InChI=1S/C21H28O3/c1-5-7-11-17(9-6-2)15-20(22)19(21(23)24-4)14-18-12-8-10-16(3)13-18/h8,10,12-15H,5-7,9,11H2,1-4H3/b17-15-,19-14-. The molecule has 0 saturated heterocycles. The van der Waals surface area contributed by atoms with Gasteiger partial charge in [-0.25, -0.2) is 4.79 Å². The first kappa shape index (κ1) is 19.9. The van der Waals surface area contributed by atoms with Gasteiger partial charge in [0.15, 0.2) is 5.78 Å². The number of ether oxygens (including phenoxy) is 1. The fraction of sp³-hybridized carbons (Fsp3) is 0.429. The Labute approximate surface area is 145 Å². The molecule has 0 saturated carbocycles. The minimum absolute atomic E-state index is 0.0770. The number of hydrogen-bond donors (Lipinski definition) is 0. The van der Waals surface area contributed by atoms with E-state index in [4.69, 9.17) is 4.74 Å². The van der Waals surface area contributed by atoms with Crippen LogP contribution in [0.25, 0.3) is 6.08 Å². The van der Waals surface area contributed by atoms with Gasteiger partial charge < -0.3 is 4.74 Å². The number of benzene rings is 1. The van der Waals surface area contributed by atoms with E-state index in [0.29, 0.717) is 0 Å².